The highest BCUT2D eigenvalue weighted by atomic mass is 16.5. The summed E-state index contributed by atoms with van der Waals surface area (Å²) in [6, 6.07) is 3.30. The number of piperidine rings is 1. The molecule has 5 heteroatoms. The zero-order chi connectivity index (χ0) is 15.7. The Morgan fingerprint density at radius 1 is 1.36 bits per heavy atom. The molecule has 118 valence electrons. The van der Waals surface area contributed by atoms with Gasteiger partial charge in [0.2, 0.25) is 0 Å². The lowest BCUT2D eigenvalue weighted by Gasteiger charge is -2.56. The predicted molar refractivity (Wildman–Crippen MR) is 80.2 cm³/mol. The van der Waals surface area contributed by atoms with E-state index in [1.165, 1.54) is 0 Å². The van der Waals surface area contributed by atoms with Crippen LogP contribution < -0.4 is 10.1 Å². The van der Waals surface area contributed by atoms with Crippen molar-refractivity contribution in [2.45, 2.75) is 56.3 Å². The third-order valence-electron chi connectivity index (χ3n) is 5.98. The zero-order valence-electron chi connectivity index (χ0n) is 12.8. The van der Waals surface area contributed by atoms with Crippen LogP contribution in [0.3, 0.4) is 0 Å². The molecule has 1 saturated heterocycles. The molecule has 4 rings (SSSR count). The summed E-state index contributed by atoms with van der Waals surface area (Å²) in [5.41, 5.74) is -0.0300. The molecule has 0 bridgehead atoms. The van der Waals surface area contributed by atoms with E-state index in [1.54, 1.807) is 6.07 Å². The van der Waals surface area contributed by atoms with Crippen molar-refractivity contribution in [3.63, 3.8) is 0 Å². The average molecular weight is 303 g/mol. The number of aliphatic hydroxyl groups is 1. The normalized spacial score (nSPS) is 39.7. The van der Waals surface area contributed by atoms with Crippen LogP contribution in [0.2, 0.25) is 0 Å². The van der Waals surface area contributed by atoms with E-state index in [2.05, 4.69) is 5.32 Å². The number of Topliss-reactive ketones (excluding diaryl/α,β-unsaturated/α-hetero) is 1. The molecule has 2 fully saturated rings. The Morgan fingerprint density at radius 3 is 2.91 bits per heavy atom. The fraction of sp³-hybridized carbons (Fsp3) is 0.588. The Bertz CT molecular complexity index is 673. The number of hydrogen-bond acceptors (Lipinski definition) is 5. The van der Waals surface area contributed by atoms with Crippen LogP contribution in [0.4, 0.5) is 0 Å². The smallest absolute Gasteiger partial charge is 0.174 e. The fourth-order valence-corrected chi connectivity index (χ4v) is 4.88. The van der Waals surface area contributed by atoms with Crippen molar-refractivity contribution in [2.24, 2.45) is 0 Å². The molecular weight excluding hydrogens is 282 g/mol. The lowest BCUT2D eigenvalue weighted by atomic mass is 9.53. The Hall–Kier alpha value is -1.59. The summed E-state index contributed by atoms with van der Waals surface area (Å²) in [5, 5.41) is 25.0. The number of carbonyl (C=O) groups excluding carboxylic acids is 1. The SMILES string of the molecule is Cc1ccc(O)c2c1[C@]13CCNC(C)C1(O)CCC(=O)[C@@H]3O2. The van der Waals surface area contributed by atoms with Crippen molar-refractivity contribution in [3.8, 4) is 11.5 Å². The van der Waals surface area contributed by atoms with Crippen molar-refractivity contribution in [1.82, 2.24) is 5.32 Å². The van der Waals surface area contributed by atoms with Crippen LogP contribution in [0.1, 0.15) is 37.3 Å². The summed E-state index contributed by atoms with van der Waals surface area (Å²) in [7, 11) is 0. The van der Waals surface area contributed by atoms with E-state index >= 15 is 0 Å². The minimum Gasteiger partial charge on any atom is -0.504 e. The maximum Gasteiger partial charge on any atom is 0.174 e. The number of ketones is 1. The van der Waals surface area contributed by atoms with E-state index in [4.69, 9.17) is 4.74 Å². The standard InChI is InChI=1S/C17H21NO4/c1-9-3-4-11(19)14-13(9)16-7-8-18-10(2)17(16,21)6-5-12(20)15(16)22-14/h3-4,10,15,18-19,21H,5-8H2,1-2H3/t10?,15-,16-,17?/m0/s1. The summed E-state index contributed by atoms with van der Waals surface area (Å²) in [6.45, 7) is 4.63. The maximum absolute atomic E-state index is 12.5. The number of benzene rings is 1. The lowest BCUT2D eigenvalue weighted by molar-refractivity contribution is -0.162. The lowest BCUT2D eigenvalue weighted by Crippen LogP contribution is -2.73. The van der Waals surface area contributed by atoms with Gasteiger partial charge in [0.25, 0.3) is 0 Å². The highest BCUT2D eigenvalue weighted by Crippen LogP contribution is 2.60. The van der Waals surface area contributed by atoms with Gasteiger partial charge in [0.1, 0.15) is 0 Å². The number of aromatic hydroxyl groups is 1. The van der Waals surface area contributed by atoms with E-state index in [0.29, 0.717) is 31.6 Å². The fourth-order valence-electron chi connectivity index (χ4n) is 4.88. The molecule has 3 aliphatic rings. The Kier molecular flexibility index (Phi) is 2.70. The molecule has 1 aromatic carbocycles. The van der Waals surface area contributed by atoms with E-state index in [1.807, 2.05) is 19.9 Å². The summed E-state index contributed by atoms with van der Waals surface area (Å²) in [4.78, 5) is 12.5. The van der Waals surface area contributed by atoms with Crippen LogP contribution in [0.5, 0.6) is 11.5 Å². The Labute approximate surface area is 129 Å². The van der Waals surface area contributed by atoms with Gasteiger partial charge in [-0.05, 0) is 44.9 Å². The number of hydrogen-bond donors (Lipinski definition) is 3. The molecule has 1 saturated carbocycles. The first-order chi connectivity index (χ1) is 10.4. The predicted octanol–water partition coefficient (Wildman–Crippen LogP) is 1.18. The molecule has 1 spiro atoms. The Morgan fingerprint density at radius 2 is 2.14 bits per heavy atom. The van der Waals surface area contributed by atoms with E-state index in [-0.39, 0.29) is 17.6 Å². The van der Waals surface area contributed by atoms with Gasteiger partial charge in [-0.25, -0.2) is 0 Å². The molecule has 0 aromatic heterocycles. The molecule has 0 radical (unpaired) electrons. The van der Waals surface area contributed by atoms with Crippen LogP contribution in [0.15, 0.2) is 12.1 Å². The minimum absolute atomic E-state index is 0.0220. The van der Waals surface area contributed by atoms with Gasteiger partial charge < -0.3 is 20.3 Å². The Balaban J connectivity index is 2.04. The van der Waals surface area contributed by atoms with E-state index in [0.717, 1.165) is 11.1 Å². The van der Waals surface area contributed by atoms with Gasteiger partial charge >= 0.3 is 0 Å². The first-order valence-corrected chi connectivity index (χ1v) is 7.90. The largest absolute Gasteiger partial charge is 0.504 e. The summed E-state index contributed by atoms with van der Waals surface area (Å²) in [5.74, 6) is 0.451. The van der Waals surface area contributed by atoms with Gasteiger partial charge in [-0.15, -0.1) is 0 Å². The number of nitrogens with one attached hydrogen (secondary N) is 1. The van der Waals surface area contributed by atoms with Gasteiger partial charge in [-0.2, -0.15) is 0 Å². The first-order valence-electron chi connectivity index (χ1n) is 7.90. The molecule has 2 heterocycles. The molecule has 1 aromatic rings. The highest BCUT2D eigenvalue weighted by molar-refractivity contribution is 5.89. The summed E-state index contributed by atoms with van der Waals surface area (Å²) in [6.07, 6.45) is 0.663. The number of aryl methyl sites for hydroxylation is 1. The summed E-state index contributed by atoms with van der Waals surface area (Å²) >= 11 is 0. The van der Waals surface area contributed by atoms with Gasteiger partial charge in [0.05, 0.1) is 11.0 Å². The number of phenolic OH excluding ortho intramolecular Hbond substituents is 1. The van der Waals surface area contributed by atoms with Crippen molar-refractivity contribution in [3.05, 3.63) is 23.3 Å². The molecule has 4 atom stereocenters. The number of rotatable bonds is 0. The van der Waals surface area contributed by atoms with Gasteiger partial charge in [-0.3, -0.25) is 4.79 Å². The molecule has 22 heavy (non-hydrogen) atoms. The molecule has 3 N–H and O–H groups in total. The molecular formula is C17H21NO4. The van der Waals surface area contributed by atoms with Crippen LogP contribution in [-0.2, 0) is 10.2 Å². The van der Waals surface area contributed by atoms with Gasteiger partial charge in [0, 0.05) is 18.0 Å². The van der Waals surface area contributed by atoms with Crippen LogP contribution in [0.25, 0.3) is 0 Å². The second-order valence-corrected chi connectivity index (χ2v) is 6.89. The molecule has 2 aliphatic heterocycles. The molecule has 5 nitrogen and oxygen atoms in total. The average Bonchev–Trinajstić information content (AvgIpc) is 2.85. The third kappa shape index (κ3) is 1.39. The zero-order valence-corrected chi connectivity index (χ0v) is 12.8. The second kappa shape index (κ2) is 4.24. The van der Waals surface area contributed by atoms with Crippen molar-refractivity contribution in [1.29, 1.82) is 0 Å². The number of phenols is 1. The molecule has 1 aliphatic carbocycles. The minimum atomic E-state index is -1.05. The second-order valence-electron chi connectivity index (χ2n) is 6.89. The third-order valence-corrected chi connectivity index (χ3v) is 5.98. The molecule has 2 unspecified atom stereocenters. The van der Waals surface area contributed by atoms with Crippen LogP contribution >= 0.6 is 0 Å². The van der Waals surface area contributed by atoms with Gasteiger partial charge in [0.15, 0.2) is 23.4 Å². The van der Waals surface area contributed by atoms with Gasteiger partial charge in [-0.1, -0.05) is 6.07 Å². The molecule has 0 amide bonds. The van der Waals surface area contributed by atoms with Crippen molar-refractivity contribution < 1.29 is 19.7 Å². The quantitative estimate of drug-likeness (QED) is 0.671. The van der Waals surface area contributed by atoms with Crippen molar-refractivity contribution in [2.75, 3.05) is 6.54 Å². The topological polar surface area (TPSA) is 78.8 Å². The number of fused-ring (bicyclic) bond motifs is 1. The van der Waals surface area contributed by atoms with Crippen molar-refractivity contribution >= 4 is 5.78 Å². The monoisotopic (exact) mass is 303 g/mol. The van der Waals surface area contributed by atoms with E-state index < -0.39 is 17.1 Å². The van der Waals surface area contributed by atoms with Crippen LogP contribution in [-0.4, -0.2) is 40.3 Å². The van der Waals surface area contributed by atoms with E-state index in [9.17, 15) is 15.0 Å². The number of ether oxygens (including phenoxy) is 1. The summed E-state index contributed by atoms with van der Waals surface area (Å²) < 4.78 is 5.92. The van der Waals surface area contributed by atoms with Crippen LogP contribution in [0, 0.1) is 6.92 Å². The highest BCUT2D eigenvalue weighted by Gasteiger charge is 2.69. The number of carbonyl (C=O) groups is 1. The first kappa shape index (κ1) is 14.0. The maximum atomic E-state index is 12.5.